The first-order valence-corrected chi connectivity index (χ1v) is 7.63. The number of halogens is 2. The van der Waals surface area contributed by atoms with Gasteiger partial charge in [-0.2, -0.15) is 0 Å². The predicted molar refractivity (Wildman–Crippen MR) is 89.9 cm³/mol. The molecule has 126 valence electrons. The average Bonchev–Trinajstić information content (AvgIpc) is 2.57. The molecule has 0 N–H and O–H groups in total. The van der Waals surface area contributed by atoms with E-state index in [1.807, 2.05) is 0 Å². The van der Waals surface area contributed by atoms with Crippen molar-refractivity contribution in [1.29, 1.82) is 0 Å². The Kier molecular flexibility index (Phi) is 4.67. The molecule has 0 aliphatic carbocycles. The van der Waals surface area contributed by atoms with Crippen LogP contribution in [0.15, 0.2) is 47.8 Å². The number of hydrogen-bond acceptors (Lipinski definition) is 5. The van der Waals surface area contributed by atoms with E-state index in [2.05, 4.69) is 15.0 Å². The number of hydrogen-bond donors (Lipinski definition) is 0. The summed E-state index contributed by atoms with van der Waals surface area (Å²) < 4.78 is 14.8. The van der Waals surface area contributed by atoms with Gasteiger partial charge in [0.1, 0.15) is 17.8 Å². The molecule has 25 heavy (non-hydrogen) atoms. The summed E-state index contributed by atoms with van der Waals surface area (Å²) in [7, 11) is 1.56. The number of ketones is 1. The Labute approximate surface area is 147 Å². The van der Waals surface area contributed by atoms with Crippen LogP contribution in [0.5, 0.6) is 0 Å². The van der Waals surface area contributed by atoms with Gasteiger partial charge in [-0.05, 0) is 29.8 Å². The molecule has 6 nitrogen and oxygen atoms in total. The van der Waals surface area contributed by atoms with Gasteiger partial charge >= 0.3 is 5.69 Å². The second-order valence-corrected chi connectivity index (χ2v) is 5.84. The summed E-state index contributed by atoms with van der Waals surface area (Å²) >= 11 is 5.85. The maximum Gasteiger partial charge on any atom is 0.347 e. The molecular formula is C17H12ClFN4O2. The molecule has 3 aromatic rings. The van der Waals surface area contributed by atoms with Crippen molar-refractivity contribution in [1.82, 2.24) is 19.5 Å². The van der Waals surface area contributed by atoms with E-state index >= 15 is 0 Å². The van der Waals surface area contributed by atoms with Crippen molar-refractivity contribution in [2.75, 3.05) is 0 Å². The third-order valence-electron chi connectivity index (χ3n) is 3.48. The molecule has 2 aromatic heterocycles. The molecule has 0 amide bonds. The van der Waals surface area contributed by atoms with Crippen molar-refractivity contribution in [3.05, 3.63) is 75.6 Å². The first-order valence-electron chi connectivity index (χ1n) is 7.25. The Morgan fingerprint density at radius 3 is 2.72 bits per heavy atom. The molecule has 0 fully saturated rings. The minimum atomic E-state index is -0.495. The Morgan fingerprint density at radius 1 is 1.20 bits per heavy atom. The van der Waals surface area contributed by atoms with Crippen molar-refractivity contribution in [3.63, 3.8) is 0 Å². The molecule has 0 aliphatic rings. The summed E-state index contributed by atoms with van der Waals surface area (Å²) in [5.74, 6) is -0.767. The Hall–Kier alpha value is -2.93. The lowest BCUT2D eigenvalue weighted by Crippen LogP contribution is -2.20. The lowest BCUT2D eigenvalue weighted by Gasteiger charge is -2.05. The van der Waals surface area contributed by atoms with E-state index in [0.717, 1.165) is 0 Å². The average molecular weight is 359 g/mol. The number of carbonyl (C=O) groups is 1. The van der Waals surface area contributed by atoms with Crippen LogP contribution >= 0.6 is 11.6 Å². The predicted octanol–water partition coefficient (Wildman–Crippen LogP) is 2.46. The number of aromatic nitrogens is 4. The van der Waals surface area contributed by atoms with E-state index < -0.39 is 11.5 Å². The standard InChI is InChI=1S/C17H12ClFN4O2/c1-23-8-10(7-20-17(23)25)2-16(24)15-6-14(21-9-22-15)11-3-12(18)5-13(19)4-11/h3-9H,2H2,1H3. The summed E-state index contributed by atoms with van der Waals surface area (Å²) in [5, 5.41) is 0.234. The molecule has 0 bridgehead atoms. The van der Waals surface area contributed by atoms with Crippen molar-refractivity contribution in [2.45, 2.75) is 6.42 Å². The molecule has 0 atom stereocenters. The van der Waals surface area contributed by atoms with Crippen LogP contribution in [0, 0.1) is 5.82 Å². The minimum absolute atomic E-state index is 0.0292. The number of aryl methyl sites for hydroxylation is 1. The first kappa shape index (κ1) is 16.9. The molecule has 0 aliphatic heterocycles. The SMILES string of the molecule is Cn1cc(CC(=O)c2cc(-c3cc(F)cc(Cl)c3)ncn2)cnc1=O. The summed E-state index contributed by atoms with van der Waals surface area (Å²) in [5.41, 5.74) is 1.20. The van der Waals surface area contributed by atoms with Crippen molar-refractivity contribution >= 4 is 17.4 Å². The Morgan fingerprint density at radius 2 is 2.00 bits per heavy atom. The van der Waals surface area contributed by atoms with Crippen LogP contribution < -0.4 is 5.69 Å². The smallest absolute Gasteiger partial charge is 0.302 e. The van der Waals surface area contributed by atoms with Crippen LogP contribution in [0.25, 0.3) is 11.3 Å². The van der Waals surface area contributed by atoms with E-state index in [1.165, 1.54) is 35.3 Å². The highest BCUT2D eigenvalue weighted by atomic mass is 35.5. The molecule has 0 saturated carbocycles. The number of rotatable bonds is 4. The summed E-state index contributed by atoms with van der Waals surface area (Å²) in [4.78, 5) is 35.4. The highest BCUT2D eigenvalue weighted by Crippen LogP contribution is 2.23. The van der Waals surface area contributed by atoms with Gasteiger partial charge in [0.05, 0.1) is 5.69 Å². The fourth-order valence-corrected chi connectivity index (χ4v) is 2.52. The van der Waals surface area contributed by atoms with Gasteiger partial charge < -0.3 is 4.57 Å². The molecule has 0 radical (unpaired) electrons. The van der Waals surface area contributed by atoms with Crippen molar-refractivity contribution in [3.8, 4) is 11.3 Å². The van der Waals surface area contributed by atoms with E-state index in [1.54, 1.807) is 19.3 Å². The molecule has 3 rings (SSSR count). The zero-order valence-electron chi connectivity index (χ0n) is 13.1. The van der Waals surface area contributed by atoms with Crippen LogP contribution in [0.1, 0.15) is 16.1 Å². The molecular weight excluding hydrogens is 347 g/mol. The topological polar surface area (TPSA) is 77.7 Å². The molecule has 1 aromatic carbocycles. The van der Waals surface area contributed by atoms with Gasteiger partial charge in [0.2, 0.25) is 0 Å². The van der Waals surface area contributed by atoms with Gasteiger partial charge in [0.25, 0.3) is 0 Å². The van der Waals surface area contributed by atoms with E-state index in [-0.39, 0.29) is 22.9 Å². The maximum absolute atomic E-state index is 13.5. The van der Waals surface area contributed by atoms with Gasteiger partial charge in [0.15, 0.2) is 5.78 Å². The van der Waals surface area contributed by atoms with Gasteiger partial charge in [0, 0.05) is 36.4 Å². The van der Waals surface area contributed by atoms with Crippen LogP contribution in [-0.4, -0.2) is 25.3 Å². The van der Waals surface area contributed by atoms with Gasteiger partial charge in [-0.3, -0.25) is 4.79 Å². The lowest BCUT2D eigenvalue weighted by molar-refractivity contribution is 0.0988. The maximum atomic E-state index is 13.5. The van der Waals surface area contributed by atoms with Gasteiger partial charge in [-0.1, -0.05) is 11.6 Å². The van der Waals surface area contributed by atoms with E-state index in [0.29, 0.717) is 16.8 Å². The minimum Gasteiger partial charge on any atom is -0.302 e. The largest absolute Gasteiger partial charge is 0.347 e. The third-order valence-corrected chi connectivity index (χ3v) is 3.70. The lowest BCUT2D eigenvalue weighted by atomic mass is 10.1. The van der Waals surface area contributed by atoms with Crippen molar-refractivity contribution in [2.24, 2.45) is 7.05 Å². The van der Waals surface area contributed by atoms with Crippen LogP contribution in [-0.2, 0) is 13.5 Å². The van der Waals surface area contributed by atoms with E-state index in [9.17, 15) is 14.0 Å². The second kappa shape index (κ2) is 6.90. The third kappa shape index (κ3) is 3.95. The molecule has 8 heteroatoms. The molecule has 0 saturated heterocycles. The van der Waals surface area contributed by atoms with Crippen LogP contribution in [0.3, 0.4) is 0 Å². The summed E-state index contributed by atoms with van der Waals surface area (Å²) in [6.45, 7) is 0. The normalized spacial score (nSPS) is 10.7. The van der Waals surface area contributed by atoms with Crippen LogP contribution in [0.2, 0.25) is 5.02 Å². The first-order chi connectivity index (χ1) is 11.9. The monoisotopic (exact) mass is 358 g/mol. The fourth-order valence-electron chi connectivity index (χ4n) is 2.30. The van der Waals surface area contributed by atoms with Crippen LogP contribution in [0.4, 0.5) is 4.39 Å². The van der Waals surface area contributed by atoms with Gasteiger partial charge in [-0.25, -0.2) is 24.1 Å². The molecule has 2 heterocycles. The van der Waals surface area contributed by atoms with E-state index in [4.69, 9.17) is 11.6 Å². The Balaban J connectivity index is 1.88. The fraction of sp³-hybridized carbons (Fsp3) is 0.118. The quantitative estimate of drug-likeness (QED) is 0.669. The zero-order valence-corrected chi connectivity index (χ0v) is 13.9. The zero-order chi connectivity index (χ0) is 18.0. The molecule has 0 unspecified atom stereocenters. The highest BCUT2D eigenvalue weighted by Gasteiger charge is 2.12. The second-order valence-electron chi connectivity index (χ2n) is 5.40. The number of Topliss-reactive ketones (excluding diaryl/α,β-unsaturated/α-hetero) is 1. The summed E-state index contributed by atoms with van der Waals surface area (Å²) in [6.07, 6.45) is 4.16. The Bertz CT molecular complexity index is 999. The highest BCUT2D eigenvalue weighted by molar-refractivity contribution is 6.30. The van der Waals surface area contributed by atoms with Gasteiger partial charge in [-0.15, -0.1) is 0 Å². The summed E-state index contributed by atoms with van der Waals surface area (Å²) in [6, 6.07) is 5.49. The number of carbonyl (C=O) groups excluding carboxylic acids is 1. The number of nitrogens with zero attached hydrogens (tertiary/aromatic N) is 4. The molecule has 0 spiro atoms. The number of benzene rings is 1. The van der Waals surface area contributed by atoms with Crippen molar-refractivity contribution < 1.29 is 9.18 Å².